The third-order valence-electron chi connectivity index (χ3n) is 1.80. The molecular weight excluding hydrogens is 88.1 g/mol. The molecule has 36 valence electrons. The van der Waals surface area contributed by atoms with Crippen molar-refractivity contribution >= 4 is 8.80 Å². The van der Waals surface area contributed by atoms with Crippen LogP contribution in [-0.2, 0) is 0 Å². The van der Waals surface area contributed by atoms with E-state index in [2.05, 4.69) is 6.92 Å². The molecule has 1 aliphatic rings. The largest absolute Gasteiger partial charge is 0.0680 e. The molecule has 0 atom stereocenters. The van der Waals surface area contributed by atoms with Crippen molar-refractivity contribution in [3.63, 3.8) is 0 Å². The standard InChI is InChI=1S/C5H12Si/c1-2-6-4-3-5-6/h6H,2-5H2,1H3. The second-order valence-corrected chi connectivity index (χ2v) is 5.91. The molecule has 1 rings (SSSR count). The van der Waals surface area contributed by atoms with E-state index < -0.39 is 0 Å². The minimum absolute atomic E-state index is 0.0201. The van der Waals surface area contributed by atoms with Gasteiger partial charge in [-0.25, -0.2) is 0 Å². The molecule has 0 bridgehead atoms. The van der Waals surface area contributed by atoms with Crippen LogP contribution in [0.2, 0.25) is 18.1 Å². The first-order valence-electron chi connectivity index (χ1n) is 2.93. The highest BCUT2D eigenvalue weighted by Crippen LogP contribution is 2.22. The Morgan fingerprint density at radius 1 is 1.50 bits per heavy atom. The monoisotopic (exact) mass is 100 g/mol. The van der Waals surface area contributed by atoms with Crippen molar-refractivity contribution in [2.75, 3.05) is 0 Å². The molecule has 1 heteroatoms. The van der Waals surface area contributed by atoms with Crippen LogP contribution in [0.15, 0.2) is 0 Å². The minimum atomic E-state index is 0.0201. The summed E-state index contributed by atoms with van der Waals surface area (Å²) < 4.78 is 0. The van der Waals surface area contributed by atoms with Crippen molar-refractivity contribution in [2.24, 2.45) is 0 Å². The van der Waals surface area contributed by atoms with Crippen molar-refractivity contribution in [2.45, 2.75) is 31.5 Å². The fourth-order valence-electron chi connectivity index (χ4n) is 0.901. The van der Waals surface area contributed by atoms with Gasteiger partial charge in [0.1, 0.15) is 0 Å². The SMILES string of the molecule is CC[SiH]1CCC1. The Morgan fingerprint density at radius 3 is 2.17 bits per heavy atom. The Balaban J connectivity index is 2.01. The maximum Gasteiger partial charge on any atom is 0.0364 e. The Labute approximate surface area is 41.2 Å². The average Bonchev–Trinajstić information content (AvgIpc) is 1.31. The molecule has 0 radical (unpaired) electrons. The van der Waals surface area contributed by atoms with E-state index in [-0.39, 0.29) is 8.80 Å². The fourth-order valence-corrected chi connectivity index (χ4v) is 2.70. The van der Waals surface area contributed by atoms with Gasteiger partial charge in [0.15, 0.2) is 0 Å². The van der Waals surface area contributed by atoms with Crippen LogP contribution in [0.5, 0.6) is 0 Å². The predicted molar refractivity (Wildman–Crippen MR) is 31.9 cm³/mol. The summed E-state index contributed by atoms with van der Waals surface area (Å²) in [6.07, 6.45) is 1.56. The van der Waals surface area contributed by atoms with Gasteiger partial charge < -0.3 is 0 Å². The summed E-state index contributed by atoms with van der Waals surface area (Å²) in [6, 6.07) is 4.85. The van der Waals surface area contributed by atoms with E-state index in [0.717, 1.165) is 0 Å². The fraction of sp³-hybridized carbons (Fsp3) is 1.00. The van der Waals surface area contributed by atoms with Crippen molar-refractivity contribution < 1.29 is 0 Å². The second-order valence-electron chi connectivity index (χ2n) is 2.21. The lowest BCUT2D eigenvalue weighted by Gasteiger charge is -2.21. The zero-order valence-corrected chi connectivity index (χ0v) is 5.56. The predicted octanol–water partition coefficient (Wildman–Crippen LogP) is 1.64. The van der Waals surface area contributed by atoms with E-state index in [1.807, 2.05) is 0 Å². The van der Waals surface area contributed by atoms with Gasteiger partial charge in [-0.1, -0.05) is 31.5 Å². The van der Waals surface area contributed by atoms with Gasteiger partial charge in [0.2, 0.25) is 0 Å². The lowest BCUT2D eigenvalue weighted by Crippen LogP contribution is -2.18. The smallest absolute Gasteiger partial charge is 0.0364 e. The van der Waals surface area contributed by atoms with Crippen LogP contribution in [-0.4, -0.2) is 8.80 Å². The van der Waals surface area contributed by atoms with Crippen molar-refractivity contribution in [1.29, 1.82) is 0 Å². The van der Waals surface area contributed by atoms with Crippen molar-refractivity contribution in [3.05, 3.63) is 0 Å². The highest BCUT2D eigenvalue weighted by Gasteiger charge is 2.15. The molecule has 1 aliphatic heterocycles. The summed E-state index contributed by atoms with van der Waals surface area (Å²) in [7, 11) is 0.0201. The summed E-state index contributed by atoms with van der Waals surface area (Å²) in [4.78, 5) is 0. The van der Waals surface area contributed by atoms with Gasteiger partial charge in [0.25, 0.3) is 0 Å². The summed E-state index contributed by atoms with van der Waals surface area (Å²) in [5.74, 6) is 0. The second kappa shape index (κ2) is 1.78. The lowest BCUT2D eigenvalue weighted by molar-refractivity contribution is 0.923. The van der Waals surface area contributed by atoms with Gasteiger partial charge in [0.05, 0.1) is 0 Å². The summed E-state index contributed by atoms with van der Waals surface area (Å²) >= 11 is 0. The van der Waals surface area contributed by atoms with E-state index in [1.165, 1.54) is 0 Å². The molecule has 0 aromatic rings. The van der Waals surface area contributed by atoms with Gasteiger partial charge in [-0.2, -0.15) is 0 Å². The van der Waals surface area contributed by atoms with Gasteiger partial charge in [0, 0.05) is 8.80 Å². The van der Waals surface area contributed by atoms with E-state index >= 15 is 0 Å². The molecule has 0 N–H and O–H groups in total. The highest BCUT2D eigenvalue weighted by molar-refractivity contribution is 6.61. The zero-order valence-electron chi connectivity index (χ0n) is 4.41. The van der Waals surface area contributed by atoms with Crippen LogP contribution in [0.1, 0.15) is 13.3 Å². The first-order chi connectivity index (χ1) is 2.93. The molecule has 0 aliphatic carbocycles. The van der Waals surface area contributed by atoms with E-state index in [9.17, 15) is 0 Å². The summed E-state index contributed by atoms with van der Waals surface area (Å²) in [5, 5.41) is 0. The normalized spacial score (nSPS) is 23.5. The van der Waals surface area contributed by atoms with Gasteiger partial charge in [-0.3, -0.25) is 0 Å². The molecule has 1 fully saturated rings. The first kappa shape index (κ1) is 4.38. The van der Waals surface area contributed by atoms with Crippen molar-refractivity contribution in [1.82, 2.24) is 0 Å². The Morgan fingerprint density at radius 2 is 2.17 bits per heavy atom. The van der Waals surface area contributed by atoms with Gasteiger partial charge in [-0.05, 0) is 0 Å². The third-order valence-corrected chi connectivity index (χ3v) is 5.41. The zero-order chi connectivity index (χ0) is 4.41. The van der Waals surface area contributed by atoms with E-state index in [4.69, 9.17) is 0 Å². The molecule has 0 nitrogen and oxygen atoms in total. The van der Waals surface area contributed by atoms with Gasteiger partial charge in [-0.15, -0.1) is 0 Å². The van der Waals surface area contributed by atoms with Crippen LogP contribution in [0.4, 0.5) is 0 Å². The maximum absolute atomic E-state index is 2.34. The Bertz CT molecular complexity index is 36.4. The van der Waals surface area contributed by atoms with E-state index in [1.54, 1.807) is 24.6 Å². The number of hydrogen-bond donors (Lipinski definition) is 0. The molecule has 0 spiro atoms. The molecule has 0 aromatic carbocycles. The Kier molecular flexibility index (Phi) is 1.30. The molecule has 0 aromatic heterocycles. The van der Waals surface area contributed by atoms with Crippen LogP contribution in [0.25, 0.3) is 0 Å². The molecule has 1 saturated heterocycles. The van der Waals surface area contributed by atoms with Crippen molar-refractivity contribution in [3.8, 4) is 0 Å². The molecule has 1 heterocycles. The topological polar surface area (TPSA) is 0 Å². The average molecular weight is 100 g/mol. The summed E-state index contributed by atoms with van der Waals surface area (Å²) in [5.41, 5.74) is 0. The molecule has 0 saturated carbocycles. The molecule has 6 heavy (non-hydrogen) atoms. The number of rotatable bonds is 1. The quantitative estimate of drug-likeness (QED) is 0.439. The van der Waals surface area contributed by atoms with Crippen LogP contribution >= 0.6 is 0 Å². The molecule has 0 unspecified atom stereocenters. The van der Waals surface area contributed by atoms with E-state index in [0.29, 0.717) is 0 Å². The molecule has 0 amide bonds. The minimum Gasteiger partial charge on any atom is -0.0680 e. The highest BCUT2D eigenvalue weighted by atomic mass is 28.3. The third kappa shape index (κ3) is 0.646. The first-order valence-corrected chi connectivity index (χ1v) is 5.38. The number of hydrogen-bond acceptors (Lipinski definition) is 0. The Hall–Kier alpha value is 0.217. The van der Waals surface area contributed by atoms with Crippen LogP contribution in [0.3, 0.4) is 0 Å². The summed E-state index contributed by atoms with van der Waals surface area (Å²) in [6.45, 7) is 2.34. The lowest BCUT2D eigenvalue weighted by atomic mass is 10.5. The van der Waals surface area contributed by atoms with Crippen LogP contribution in [0, 0.1) is 0 Å². The maximum atomic E-state index is 2.34. The van der Waals surface area contributed by atoms with Gasteiger partial charge >= 0.3 is 0 Å². The molecular formula is C5H12Si. The van der Waals surface area contributed by atoms with Crippen LogP contribution < -0.4 is 0 Å².